The minimum atomic E-state index is -5.11. The summed E-state index contributed by atoms with van der Waals surface area (Å²) in [5, 5.41) is 11.2. The number of thioether (sulfide) groups is 1. The maximum atomic E-state index is 13.2. The van der Waals surface area contributed by atoms with Crippen LogP contribution in [0.5, 0.6) is 0 Å². The normalized spacial score (nSPS) is 12.0. The molecular weight excluding hydrogens is 608 g/mol. The highest BCUT2D eigenvalue weighted by Crippen LogP contribution is 2.36. The summed E-state index contributed by atoms with van der Waals surface area (Å²) < 4.78 is 94.0. The highest BCUT2D eigenvalue weighted by Gasteiger charge is 2.37. The van der Waals surface area contributed by atoms with E-state index in [2.05, 4.69) is 15.5 Å². The van der Waals surface area contributed by atoms with Crippen LogP contribution in [0.4, 0.5) is 30.7 Å². The van der Waals surface area contributed by atoms with Crippen molar-refractivity contribution >= 4 is 40.9 Å². The molecule has 1 heterocycles. The van der Waals surface area contributed by atoms with Crippen LogP contribution in [-0.4, -0.2) is 20.7 Å². The monoisotopic (exact) mass is 622 g/mol. The van der Waals surface area contributed by atoms with Crippen LogP contribution >= 0.6 is 35.0 Å². The molecule has 0 aliphatic heterocycles. The van der Waals surface area contributed by atoms with E-state index in [1.807, 2.05) is 0 Å². The summed E-state index contributed by atoms with van der Waals surface area (Å²) >= 11 is 13.7. The van der Waals surface area contributed by atoms with Crippen LogP contribution in [0.1, 0.15) is 32.9 Å². The Balaban J connectivity index is 1.64. The number of nitrogens with one attached hydrogen (secondary N) is 1. The van der Waals surface area contributed by atoms with Gasteiger partial charge < -0.3 is 5.32 Å². The fourth-order valence-corrected chi connectivity index (χ4v) is 4.77. The quantitative estimate of drug-likeness (QED) is 0.168. The van der Waals surface area contributed by atoms with Gasteiger partial charge in [0.25, 0.3) is 5.91 Å². The van der Waals surface area contributed by atoms with Crippen molar-refractivity contribution in [1.82, 2.24) is 20.1 Å². The minimum Gasteiger partial charge on any atom is -0.345 e. The van der Waals surface area contributed by atoms with Gasteiger partial charge in [-0.2, -0.15) is 26.3 Å². The summed E-state index contributed by atoms with van der Waals surface area (Å²) in [4.78, 5) is 12.7. The van der Waals surface area contributed by atoms with E-state index in [1.165, 1.54) is 46.7 Å². The maximum absolute atomic E-state index is 13.2. The fourth-order valence-electron chi connectivity index (χ4n) is 3.48. The van der Waals surface area contributed by atoms with Crippen molar-refractivity contribution in [1.29, 1.82) is 0 Å². The zero-order valence-electron chi connectivity index (χ0n) is 19.7. The van der Waals surface area contributed by atoms with E-state index in [1.54, 1.807) is 12.1 Å². The van der Waals surface area contributed by atoms with Gasteiger partial charge in [0.1, 0.15) is 5.82 Å². The topological polar surface area (TPSA) is 59.8 Å². The van der Waals surface area contributed by atoms with Gasteiger partial charge in [0, 0.05) is 16.3 Å². The van der Waals surface area contributed by atoms with E-state index >= 15 is 0 Å². The minimum absolute atomic E-state index is 0.0575. The number of carbonyl (C=O) groups is 1. The number of hydrogen-bond donors (Lipinski definition) is 1. The summed E-state index contributed by atoms with van der Waals surface area (Å²) in [5.41, 5.74) is -3.04. The first kappa shape index (κ1) is 29.7. The summed E-state index contributed by atoms with van der Waals surface area (Å²) in [7, 11) is 0. The van der Waals surface area contributed by atoms with Gasteiger partial charge in [0.15, 0.2) is 11.0 Å². The number of alkyl halides is 6. The Labute approximate surface area is 236 Å². The Kier molecular flexibility index (Phi) is 8.66. The van der Waals surface area contributed by atoms with E-state index in [9.17, 15) is 35.5 Å². The molecule has 0 spiro atoms. The second-order valence-electron chi connectivity index (χ2n) is 8.22. The van der Waals surface area contributed by atoms with Crippen molar-refractivity contribution < 1.29 is 35.5 Å². The number of halogens is 9. The fraction of sp³-hybridized carbons (Fsp3) is 0.160. The van der Waals surface area contributed by atoms with Gasteiger partial charge >= 0.3 is 12.4 Å². The lowest BCUT2D eigenvalue weighted by Gasteiger charge is -2.15. The Bertz CT molecular complexity index is 1510. The van der Waals surface area contributed by atoms with Crippen LogP contribution in [0.25, 0.3) is 5.69 Å². The van der Waals surface area contributed by atoms with Gasteiger partial charge in [-0.05, 0) is 54.1 Å². The van der Waals surface area contributed by atoms with Crippen LogP contribution in [0.15, 0.2) is 65.8 Å². The number of nitrogens with zero attached hydrogens (tertiary/aromatic N) is 3. The number of carbonyl (C=O) groups excluding carboxylic acids is 1. The third kappa shape index (κ3) is 7.07. The number of hydrogen-bond acceptors (Lipinski definition) is 4. The molecule has 1 amide bonds. The van der Waals surface area contributed by atoms with Crippen molar-refractivity contribution in [3.05, 3.63) is 105 Å². The van der Waals surface area contributed by atoms with E-state index in [0.29, 0.717) is 28.6 Å². The lowest BCUT2D eigenvalue weighted by atomic mass is 10.0. The summed E-state index contributed by atoms with van der Waals surface area (Å²) in [6.45, 7) is -0.441. The SMILES string of the molecule is O=C(NCc1nnc(SCc2ccc(F)cc2)n1-c1cc(Cl)ccc1Cl)c1cc(C(F)(F)F)cc(C(F)(F)F)c1. The molecule has 1 aromatic heterocycles. The zero-order chi connectivity index (χ0) is 29.2. The van der Waals surface area contributed by atoms with Crippen molar-refractivity contribution in [2.45, 2.75) is 29.8 Å². The molecule has 0 saturated carbocycles. The molecular formula is C25H15Cl2F7N4OS. The molecule has 5 nitrogen and oxygen atoms in total. The smallest absolute Gasteiger partial charge is 0.345 e. The summed E-state index contributed by atoms with van der Waals surface area (Å²) in [5.74, 6) is -1.23. The van der Waals surface area contributed by atoms with Gasteiger partial charge in [0.05, 0.1) is 28.4 Å². The third-order valence-corrected chi connectivity index (χ3v) is 6.94. The maximum Gasteiger partial charge on any atom is 0.416 e. The molecule has 0 atom stereocenters. The van der Waals surface area contributed by atoms with Gasteiger partial charge in [-0.15, -0.1) is 10.2 Å². The Morgan fingerprint density at radius 1 is 0.875 bits per heavy atom. The first-order valence-corrected chi connectivity index (χ1v) is 12.8. The molecule has 0 aliphatic carbocycles. The Morgan fingerprint density at radius 2 is 1.50 bits per heavy atom. The lowest BCUT2D eigenvalue weighted by molar-refractivity contribution is -0.143. The van der Waals surface area contributed by atoms with Gasteiger partial charge in [-0.25, -0.2) is 4.39 Å². The first-order chi connectivity index (χ1) is 18.7. The molecule has 0 fully saturated rings. The number of amides is 1. The molecule has 4 aromatic rings. The van der Waals surface area contributed by atoms with Crippen molar-refractivity contribution in [2.75, 3.05) is 0 Å². The molecule has 15 heteroatoms. The highest BCUT2D eigenvalue weighted by molar-refractivity contribution is 7.98. The molecule has 210 valence electrons. The lowest BCUT2D eigenvalue weighted by Crippen LogP contribution is -2.26. The van der Waals surface area contributed by atoms with Crippen molar-refractivity contribution in [3.63, 3.8) is 0 Å². The molecule has 4 rings (SSSR count). The molecule has 1 N–H and O–H groups in total. The number of aromatic nitrogens is 3. The third-order valence-electron chi connectivity index (χ3n) is 5.39. The van der Waals surface area contributed by atoms with Crippen molar-refractivity contribution in [3.8, 4) is 5.69 Å². The molecule has 0 aliphatic rings. The van der Waals surface area contributed by atoms with Gasteiger partial charge in [0.2, 0.25) is 0 Å². The average Bonchev–Trinajstić information content (AvgIpc) is 3.29. The largest absolute Gasteiger partial charge is 0.416 e. The second kappa shape index (κ2) is 11.7. The van der Waals surface area contributed by atoms with E-state index in [4.69, 9.17) is 23.2 Å². The second-order valence-corrected chi connectivity index (χ2v) is 10.0. The molecule has 0 bridgehead atoms. The van der Waals surface area contributed by atoms with E-state index in [-0.39, 0.29) is 22.1 Å². The van der Waals surface area contributed by atoms with Gasteiger partial charge in [-0.3, -0.25) is 9.36 Å². The molecule has 0 unspecified atom stereocenters. The van der Waals surface area contributed by atoms with Crippen molar-refractivity contribution in [2.24, 2.45) is 0 Å². The molecule has 0 saturated heterocycles. The van der Waals surface area contributed by atoms with Crippen LogP contribution in [0.2, 0.25) is 10.0 Å². The summed E-state index contributed by atoms with van der Waals surface area (Å²) in [6.07, 6.45) is -10.2. The predicted octanol–water partition coefficient (Wildman–Crippen LogP) is 7.97. The average molecular weight is 623 g/mol. The highest BCUT2D eigenvalue weighted by atomic mass is 35.5. The van der Waals surface area contributed by atoms with E-state index in [0.717, 1.165) is 5.56 Å². The summed E-state index contributed by atoms with van der Waals surface area (Å²) in [6, 6.07) is 10.8. The van der Waals surface area contributed by atoms with Crippen LogP contribution in [0, 0.1) is 5.82 Å². The van der Waals surface area contributed by atoms with Gasteiger partial charge in [-0.1, -0.05) is 47.1 Å². The predicted molar refractivity (Wildman–Crippen MR) is 135 cm³/mol. The molecule has 40 heavy (non-hydrogen) atoms. The van der Waals surface area contributed by atoms with Crippen LogP contribution in [-0.2, 0) is 24.7 Å². The van der Waals surface area contributed by atoms with Crippen LogP contribution in [0.3, 0.4) is 0 Å². The molecule has 0 radical (unpaired) electrons. The van der Waals surface area contributed by atoms with E-state index < -0.39 is 47.3 Å². The number of benzene rings is 3. The standard InChI is InChI=1S/C25H15Cl2F7N4OS/c26-17-3-6-19(27)20(10-17)38-21(36-37-23(38)40-12-13-1-4-18(28)5-2-13)11-35-22(39)14-7-15(24(29,30)31)9-16(8-14)25(32,33)34/h1-10H,11-12H2,(H,35,39). The molecule has 3 aromatic carbocycles. The van der Waals surface area contributed by atoms with Crippen LogP contribution < -0.4 is 5.32 Å². The zero-order valence-corrected chi connectivity index (χ0v) is 22.1. The number of rotatable bonds is 7. The Morgan fingerprint density at radius 3 is 2.10 bits per heavy atom. The first-order valence-electron chi connectivity index (χ1n) is 11.1. The Hall–Kier alpha value is -3.29.